The van der Waals surface area contributed by atoms with Crippen LogP contribution in [0.3, 0.4) is 0 Å². The summed E-state index contributed by atoms with van der Waals surface area (Å²) in [5.74, 6) is 0.918. The van der Waals surface area contributed by atoms with Crippen molar-refractivity contribution in [3.63, 3.8) is 0 Å². The molecule has 1 aliphatic carbocycles. The normalized spacial score (nSPS) is 28.9. The maximum absolute atomic E-state index is 12.2. The largest absolute Gasteiger partial charge is 0.433 e. The smallest absolute Gasteiger partial charge is 0.287 e. The molecule has 3 unspecified atom stereocenters. The van der Waals surface area contributed by atoms with Gasteiger partial charge in [0, 0.05) is 23.7 Å². The molecule has 1 saturated carbocycles. The molecule has 3 heterocycles. The van der Waals surface area contributed by atoms with Crippen LogP contribution in [0.5, 0.6) is 0 Å². The van der Waals surface area contributed by atoms with Crippen molar-refractivity contribution in [1.82, 2.24) is 15.6 Å². The molecule has 2 aromatic heterocycles. The summed E-state index contributed by atoms with van der Waals surface area (Å²) in [7, 11) is 0. The van der Waals surface area contributed by atoms with Crippen molar-refractivity contribution in [2.24, 2.45) is 5.92 Å². The fraction of sp³-hybridized carbons (Fsp3) is 0.429. The monoisotopic (exact) mass is 257 g/mol. The highest BCUT2D eigenvalue weighted by molar-refractivity contribution is 5.95. The second-order valence-electron chi connectivity index (χ2n) is 5.44. The van der Waals surface area contributed by atoms with Gasteiger partial charge in [0.2, 0.25) is 5.71 Å². The quantitative estimate of drug-likeness (QED) is 0.851. The first kappa shape index (κ1) is 11.0. The molecule has 1 aliphatic heterocycles. The lowest BCUT2D eigenvalue weighted by Gasteiger charge is -2.23. The zero-order valence-electron chi connectivity index (χ0n) is 10.4. The first-order valence-corrected chi connectivity index (χ1v) is 6.68. The Morgan fingerprint density at radius 1 is 1.47 bits per heavy atom. The average Bonchev–Trinajstić information content (AvgIpc) is 3.12. The Labute approximate surface area is 110 Å². The number of rotatable bonds is 2. The summed E-state index contributed by atoms with van der Waals surface area (Å²) in [6.45, 7) is 1.09. The second-order valence-corrected chi connectivity index (χ2v) is 5.44. The van der Waals surface area contributed by atoms with E-state index < -0.39 is 0 Å². The highest BCUT2D eigenvalue weighted by atomic mass is 16.4. The molecule has 5 nitrogen and oxygen atoms in total. The molecule has 2 fully saturated rings. The van der Waals surface area contributed by atoms with Crippen molar-refractivity contribution in [2.45, 2.75) is 24.9 Å². The van der Waals surface area contributed by atoms with Crippen LogP contribution in [0.2, 0.25) is 0 Å². The van der Waals surface area contributed by atoms with Crippen molar-refractivity contribution in [2.75, 3.05) is 6.54 Å². The van der Waals surface area contributed by atoms with Gasteiger partial charge in [-0.05, 0) is 43.5 Å². The van der Waals surface area contributed by atoms with E-state index >= 15 is 0 Å². The van der Waals surface area contributed by atoms with Gasteiger partial charge in [-0.2, -0.15) is 0 Å². The Kier molecular flexibility index (Phi) is 2.35. The Morgan fingerprint density at radius 3 is 3.16 bits per heavy atom. The van der Waals surface area contributed by atoms with Gasteiger partial charge in [-0.15, -0.1) is 0 Å². The molecule has 0 aromatic carbocycles. The Morgan fingerprint density at radius 2 is 2.42 bits per heavy atom. The summed E-state index contributed by atoms with van der Waals surface area (Å²) in [5.41, 5.74) is 0.513. The van der Waals surface area contributed by atoms with Crippen LogP contribution < -0.4 is 10.6 Å². The third-order valence-electron chi connectivity index (χ3n) is 4.16. The van der Waals surface area contributed by atoms with Gasteiger partial charge in [-0.25, -0.2) is 4.98 Å². The number of fused-ring (bicyclic) bond motifs is 3. The van der Waals surface area contributed by atoms with E-state index in [-0.39, 0.29) is 11.9 Å². The van der Waals surface area contributed by atoms with Crippen LogP contribution in [-0.4, -0.2) is 29.5 Å². The van der Waals surface area contributed by atoms with Gasteiger partial charge >= 0.3 is 0 Å². The fourth-order valence-electron chi connectivity index (χ4n) is 3.24. The highest BCUT2D eigenvalue weighted by Crippen LogP contribution is 2.31. The third kappa shape index (κ3) is 1.81. The maximum Gasteiger partial charge on any atom is 0.287 e. The Hall–Kier alpha value is -1.88. The summed E-state index contributed by atoms with van der Waals surface area (Å²) in [4.78, 5) is 16.3. The SMILES string of the molecule is O=C(NC1CC2CNC1C2)c1cc2cccnc2o1. The van der Waals surface area contributed by atoms with Gasteiger partial charge in [0.25, 0.3) is 5.91 Å². The van der Waals surface area contributed by atoms with Gasteiger partial charge in [-0.1, -0.05) is 0 Å². The molecule has 5 heteroatoms. The summed E-state index contributed by atoms with van der Waals surface area (Å²) >= 11 is 0. The van der Waals surface area contributed by atoms with Gasteiger partial charge < -0.3 is 15.1 Å². The molecular weight excluding hydrogens is 242 g/mol. The van der Waals surface area contributed by atoms with E-state index in [9.17, 15) is 4.79 Å². The van der Waals surface area contributed by atoms with E-state index in [1.54, 1.807) is 12.3 Å². The summed E-state index contributed by atoms with van der Waals surface area (Å²) in [6.07, 6.45) is 3.90. The standard InChI is InChI=1S/C14H15N3O2/c18-13(17-11-5-8-4-10(11)16-7-8)12-6-9-2-1-3-15-14(9)19-12/h1-3,6,8,10-11,16H,4-5,7H2,(H,17,18). The fourth-order valence-corrected chi connectivity index (χ4v) is 3.24. The molecule has 2 aliphatic rings. The minimum Gasteiger partial charge on any atom is -0.433 e. The molecule has 0 radical (unpaired) electrons. The molecule has 3 atom stereocenters. The number of piperidine rings is 1. The number of carbonyl (C=O) groups is 1. The summed E-state index contributed by atoms with van der Waals surface area (Å²) in [6, 6.07) is 6.13. The van der Waals surface area contributed by atoms with Crippen LogP contribution in [0.1, 0.15) is 23.4 Å². The number of hydrogen-bond acceptors (Lipinski definition) is 4. The first-order chi connectivity index (χ1) is 9.29. The number of aromatic nitrogens is 1. The van der Waals surface area contributed by atoms with Crippen molar-refractivity contribution < 1.29 is 9.21 Å². The van der Waals surface area contributed by atoms with E-state index in [0.29, 0.717) is 23.4 Å². The summed E-state index contributed by atoms with van der Waals surface area (Å²) < 4.78 is 5.48. The molecule has 2 bridgehead atoms. The molecule has 2 aromatic rings. The van der Waals surface area contributed by atoms with Crippen molar-refractivity contribution in [3.05, 3.63) is 30.2 Å². The van der Waals surface area contributed by atoms with Gasteiger partial charge in [-0.3, -0.25) is 4.79 Å². The number of carbonyl (C=O) groups excluding carboxylic acids is 1. The number of nitrogens with one attached hydrogen (secondary N) is 2. The van der Waals surface area contributed by atoms with Gasteiger partial charge in [0.15, 0.2) is 5.76 Å². The van der Waals surface area contributed by atoms with E-state index in [2.05, 4.69) is 15.6 Å². The minimum absolute atomic E-state index is 0.141. The van der Waals surface area contributed by atoms with Crippen LogP contribution in [0, 0.1) is 5.92 Å². The molecule has 4 rings (SSSR count). The van der Waals surface area contributed by atoms with Crippen LogP contribution in [0.15, 0.2) is 28.8 Å². The predicted molar refractivity (Wildman–Crippen MR) is 69.8 cm³/mol. The zero-order valence-corrected chi connectivity index (χ0v) is 10.4. The topological polar surface area (TPSA) is 67.2 Å². The van der Waals surface area contributed by atoms with Crippen molar-refractivity contribution in [3.8, 4) is 0 Å². The average molecular weight is 257 g/mol. The highest BCUT2D eigenvalue weighted by Gasteiger charge is 2.40. The van der Waals surface area contributed by atoms with E-state index in [1.807, 2.05) is 12.1 Å². The molecular formula is C14H15N3O2. The minimum atomic E-state index is -0.141. The number of hydrogen-bond donors (Lipinski definition) is 2. The molecule has 1 amide bonds. The van der Waals surface area contributed by atoms with E-state index in [1.165, 1.54) is 6.42 Å². The van der Waals surface area contributed by atoms with E-state index in [0.717, 1.165) is 18.4 Å². The molecule has 2 N–H and O–H groups in total. The number of furan rings is 1. The predicted octanol–water partition coefficient (Wildman–Crippen LogP) is 1.31. The molecule has 1 saturated heterocycles. The lowest BCUT2D eigenvalue weighted by molar-refractivity contribution is 0.0902. The lowest BCUT2D eigenvalue weighted by atomic mass is 10.1. The van der Waals surface area contributed by atoms with Crippen molar-refractivity contribution in [1.29, 1.82) is 0 Å². The lowest BCUT2D eigenvalue weighted by Crippen LogP contribution is -2.47. The molecule has 19 heavy (non-hydrogen) atoms. The first-order valence-electron chi connectivity index (χ1n) is 6.68. The molecule has 0 spiro atoms. The second kappa shape index (κ2) is 4.06. The zero-order chi connectivity index (χ0) is 12.8. The Bertz CT molecular complexity index is 603. The van der Waals surface area contributed by atoms with Crippen LogP contribution in [0.25, 0.3) is 11.1 Å². The van der Waals surface area contributed by atoms with Crippen molar-refractivity contribution >= 4 is 17.0 Å². The number of amides is 1. The van der Waals surface area contributed by atoms with Crippen LogP contribution >= 0.6 is 0 Å². The van der Waals surface area contributed by atoms with Gasteiger partial charge in [0.05, 0.1) is 0 Å². The number of nitrogens with zero attached hydrogens (tertiary/aromatic N) is 1. The molecule has 98 valence electrons. The Balaban J connectivity index is 1.53. The van der Waals surface area contributed by atoms with Gasteiger partial charge in [0.1, 0.15) is 0 Å². The third-order valence-corrected chi connectivity index (χ3v) is 4.16. The van der Waals surface area contributed by atoms with E-state index in [4.69, 9.17) is 4.42 Å². The maximum atomic E-state index is 12.2. The number of pyridine rings is 1. The summed E-state index contributed by atoms with van der Waals surface area (Å²) in [5, 5.41) is 7.36. The van der Waals surface area contributed by atoms with Crippen LogP contribution in [-0.2, 0) is 0 Å². The van der Waals surface area contributed by atoms with Crippen LogP contribution in [0.4, 0.5) is 0 Å².